The summed E-state index contributed by atoms with van der Waals surface area (Å²) >= 11 is 0. The molecule has 6 heteroatoms. The monoisotopic (exact) mass is 354 g/mol. The summed E-state index contributed by atoms with van der Waals surface area (Å²) in [6.45, 7) is 4.64. The van der Waals surface area contributed by atoms with Crippen LogP contribution in [0.4, 0.5) is 5.69 Å². The second-order valence-electron chi connectivity index (χ2n) is 5.59. The van der Waals surface area contributed by atoms with Gasteiger partial charge in [-0.15, -0.1) is 0 Å². The molecule has 2 aromatic carbocycles. The maximum atomic E-state index is 12.3. The standard InChI is InChI=1S/C20H22N2O4/c1-3-13-21-18(23)14-5-7-15(8-6-14)19(24)22-17-11-9-16(10-12-17)20(25)26-4-2/h5-12H,3-4,13H2,1-2H3,(H,21,23)(H,22,24). The number of anilines is 1. The molecule has 0 fully saturated rings. The molecule has 0 aliphatic heterocycles. The lowest BCUT2D eigenvalue weighted by atomic mass is 10.1. The second kappa shape index (κ2) is 9.36. The van der Waals surface area contributed by atoms with Crippen LogP contribution in [0, 0.1) is 0 Å². The van der Waals surface area contributed by atoms with Crippen LogP contribution in [-0.4, -0.2) is 30.9 Å². The smallest absolute Gasteiger partial charge is 0.338 e. The van der Waals surface area contributed by atoms with Gasteiger partial charge >= 0.3 is 5.97 Å². The lowest BCUT2D eigenvalue weighted by molar-refractivity contribution is 0.0526. The molecule has 2 rings (SSSR count). The molecule has 2 amide bonds. The van der Waals surface area contributed by atoms with Crippen molar-refractivity contribution >= 4 is 23.5 Å². The SMILES string of the molecule is CCCNC(=O)c1ccc(C(=O)Nc2ccc(C(=O)OCC)cc2)cc1. The Bertz CT molecular complexity index is 767. The Hall–Kier alpha value is -3.15. The van der Waals surface area contributed by atoms with Crippen LogP contribution in [0.15, 0.2) is 48.5 Å². The van der Waals surface area contributed by atoms with Gasteiger partial charge in [0.1, 0.15) is 0 Å². The van der Waals surface area contributed by atoms with E-state index < -0.39 is 5.97 Å². The predicted molar refractivity (Wildman–Crippen MR) is 99.4 cm³/mol. The predicted octanol–water partition coefficient (Wildman–Crippen LogP) is 3.26. The first kappa shape index (κ1) is 19.2. The van der Waals surface area contributed by atoms with Crippen LogP contribution < -0.4 is 10.6 Å². The summed E-state index contributed by atoms with van der Waals surface area (Å²) < 4.78 is 4.91. The highest BCUT2D eigenvalue weighted by Gasteiger charge is 2.10. The molecular formula is C20H22N2O4. The number of carbonyl (C=O) groups excluding carboxylic acids is 3. The molecule has 0 radical (unpaired) electrons. The molecule has 2 aromatic rings. The average Bonchev–Trinajstić information content (AvgIpc) is 2.67. The van der Waals surface area contributed by atoms with Crippen molar-refractivity contribution in [3.8, 4) is 0 Å². The average molecular weight is 354 g/mol. The maximum absolute atomic E-state index is 12.3. The summed E-state index contributed by atoms with van der Waals surface area (Å²) in [5.74, 6) is -0.856. The minimum atomic E-state index is -0.401. The van der Waals surface area contributed by atoms with Crippen molar-refractivity contribution in [2.45, 2.75) is 20.3 Å². The first-order valence-electron chi connectivity index (χ1n) is 8.52. The van der Waals surface area contributed by atoms with Crippen LogP contribution in [0.1, 0.15) is 51.3 Å². The zero-order valence-electron chi connectivity index (χ0n) is 14.9. The molecule has 0 saturated carbocycles. The third-order valence-electron chi connectivity index (χ3n) is 3.60. The molecule has 0 aliphatic rings. The Kier molecular flexibility index (Phi) is 6.91. The highest BCUT2D eigenvalue weighted by Crippen LogP contribution is 2.13. The normalized spacial score (nSPS) is 10.1. The largest absolute Gasteiger partial charge is 0.462 e. The van der Waals surface area contributed by atoms with Gasteiger partial charge in [0, 0.05) is 23.4 Å². The van der Waals surface area contributed by atoms with Gasteiger partial charge in [0.2, 0.25) is 0 Å². The zero-order valence-corrected chi connectivity index (χ0v) is 14.9. The van der Waals surface area contributed by atoms with Gasteiger partial charge in [0.05, 0.1) is 12.2 Å². The number of amides is 2. The third kappa shape index (κ3) is 5.17. The summed E-state index contributed by atoms with van der Waals surface area (Å²) in [6, 6.07) is 12.9. The number of rotatable bonds is 7. The summed E-state index contributed by atoms with van der Waals surface area (Å²) in [5.41, 5.74) is 1.93. The molecule has 6 nitrogen and oxygen atoms in total. The highest BCUT2D eigenvalue weighted by molar-refractivity contribution is 6.05. The van der Waals surface area contributed by atoms with Crippen LogP contribution in [0.5, 0.6) is 0 Å². The number of carbonyl (C=O) groups is 3. The fourth-order valence-electron chi connectivity index (χ4n) is 2.22. The molecule has 0 heterocycles. The molecule has 136 valence electrons. The van der Waals surface area contributed by atoms with Crippen molar-refractivity contribution in [3.05, 3.63) is 65.2 Å². The van der Waals surface area contributed by atoms with Crippen LogP contribution >= 0.6 is 0 Å². The van der Waals surface area contributed by atoms with Gasteiger partial charge in [0.15, 0.2) is 0 Å². The Morgan fingerprint density at radius 1 is 0.808 bits per heavy atom. The van der Waals surface area contributed by atoms with Gasteiger partial charge < -0.3 is 15.4 Å². The van der Waals surface area contributed by atoms with Crippen LogP contribution in [0.3, 0.4) is 0 Å². The lowest BCUT2D eigenvalue weighted by Gasteiger charge is -2.08. The van der Waals surface area contributed by atoms with E-state index in [1.54, 1.807) is 55.5 Å². The molecule has 26 heavy (non-hydrogen) atoms. The Labute approximate surface area is 152 Å². The summed E-state index contributed by atoms with van der Waals surface area (Å²) in [7, 11) is 0. The van der Waals surface area contributed by atoms with E-state index in [4.69, 9.17) is 4.74 Å². The third-order valence-corrected chi connectivity index (χ3v) is 3.60. The van der Waals surface area contributed by atoms with Crippen molar-refractivity contribution < 1.29 is 19.1 Å². The topological polar surface area (TPSA) is 84.5 Å². The van der Waals surface area contributed by atoms with Gasteiger partial charge in [-0.1, -0.05) is 6.92 Å². The van der Waals surface area contributed by atoms with E-state index in [2.05, 4.69) is 10.6 Å². The van der Waals surface area contributed by atoms with Crippen molar-refractivity contribution in [2.75, 3.05) is 18.5 Å². The molecule has 0 aliphatic carbocycles. The molecule has 0 aromatic heterocycles. The van der Waals surface area contributed by atoms with Crippen LogP contribution in [-0.2, 0) is 4.74 Å². The van der Waals surface area contributed by atoms with Crippen LogP contribution in [0.2, 0.25) is 0 Å². The van der Waals surface area contributed by atoms with E-state index in [-0.39, 0.29) is 11.8 Å². The highest BCUT2D eigenvalue weighted by atomic mass is 16.5. The van der Waals surface area contributed by atoms with Gasteiger partial charge in [-0.2, -0.15) is 0 Å². The number of hydrogen-bond acceptors (Lipinski definition) is 4. The van der Waals surface area contributed by atoms with Crippen molar-refractivity contribution in [2.24, 2.45) is 0 Å². The number of hydrogen-bond donors (Lipinski definition) is 2. The molecule has 0 saturated heterocycles. The van der Waals surface area contributed by atoms with Crippen LogP contribution in [0.25, 0.3) is 0 Å². The van der Waals surface area contributed by atoms with E-state index in [9.17, 15) is 14.4 Å². The minimum Gasteiger partial charge on any atom is -0.462 e. The molecule has 0 unspecified atom stereocenters. The fourth-order valence-corrected chi connectivity index (χ4v) is 2.22. The molecule has 0 bridgehead atoms. The number of benzene rings is 2. The minimum absolute atomic E-state index is 0.159. The number of esters is 1. The van der Waals surface area contributed by atoms with E-state index in [1.807, 2.05) is 6.92 Å². The zero-order chi connectivity index (χ0) is 18.9. The van der Waals surface area contributed by atoms with Gasteiger partial charge in [-0.3, -0.25) is 9.59 Å². The quantitative estimate of drug-likeness (QED) is 0.748. The molecule has 0 spiro atoms. The second-order valence-corrected chi connectivity index (χ2v) is 5.59. The van der Waals surface area contributed by atoms with Gasteiger partial charge in [-0.05, 0) is 61.9 Å². The molecular weight excluding hydrogens is 332 g/mol. The Morgan fingerprint density at radius 3 is 1.88 bits per heavy atom. The lowest BCUT2D eigenvalue weighted by Crippen LogP contribution is -2.24. The summed E-state index contributed by atoms with van der Waals surface area (Å²) in [6.07, 6.45) is 0.862. The number of ether oxygens (including phenoxy) is 1. The van der Waals surface area contributed by atoms with E-state index in [0.29, 0.717) is 35.5 Å². The fraction of sp³-hybridized carbons (Fsp3) is 0.250. The van der Waals surface area contributed by atoms with E-state index in [0.717, 1.165) is 6.42 Å². The molecule has 0 atom stereocenters. The maximum Gasteiger partial charge on any atom is 0.338 e. The summed E-state index contributed by atoms with van der Waals surface area (Å²) in [4.78, 5) is 35.8. The van der Waals surface area contributed by atoms with Gasteiger partial charge in [0.25, 0.3) is 11.8 Å². The number of nitrogens with one attached hydrogen (secondary N) is 2. The molecule has 2 N–H and O–H groups in total. The first-order chi connectivity index (χ1) is 12.5. The summed E-state index contributed by atoms with van der Waals surface area (Å²) in [5, 5.41) is 5.53. The first-order valence-corrected chi connectivity index (χ1v) is 8.52. The Morgan fingerprint density at radius 2 is 1.35 bits per heavy atom. The van der Waals surface area contributed by atoms with Crippen molar-refractivity contribution in [1.82, 2.24) is 5.32 Å². The Balaban J connectivity index is 1.99. The van der Waals surface area contributed by atoms with Gasteiger partial charge in [-0.25, -0.2) is 4.79 Å². The van der Waals surface area contributed by atoms with Crippen molar-refractivity contribution in [1.29, 1.82) is 0 Å². The van der Waals surface area contributed by atoms with E-state index >= 15 is 0 Å². The van der Waals surface area contributed by atoms with E-state index in [1.165, 1.54) is 0 Å². The van der Waals surface area contributed by atoms with Crippen molar-refractivity contribution in [3.63, 3.8) is 0 Å².